The number of fused-ring (bicyclic) bond motifs is 1. The summed E-state index contributed by atoms with van der Waals surface area (Å²) in [6, 6.07) is 5.49. The maximum absolute atomic E-state index is 13.2. The number of nitrogens with zero attached hydrogens (tertiary/aromatic N) is 2. The van der Waals surface area contributed by atoms with E-state index in [1.807, 2.05) is 0 Å². The highest BCUT2D eigenvalue weighted by atomic mass is 19.1. The molecule has 0 radical (unpaired) electrons. The lowest BCUT2D eigenvalue weighted by Gasteiger charge is -2.31. The van der Waals surface area contributed by atoms with Crippen molar-refractivity contribution in [3.05, 3.63) is 57.1 Å². The van der Waals surface area contributed by atoms with Crippen LogP contribution in [-0.2, 0) is 16.1 Å². The van der Waals surface area contributed by atoms with Gasteiger partial charge in [-0.25, -0.2) is 18.5 Å². The van der Waals surface area contributed by atoms with Gasteiger partial charge in [-0.2, -0.15) is 0 Å². The molecule has 3 N–H and O–H groups in total. The van der Waals surface area contributed by atoms with Crippen LogP contribution in [0.4, 0.5) is 9.18 Å². The molecule has 2 amide bonds. The molecule has 174 valence electrons. The number of aromatic amines is 2. The predicted octanol–water partition coefficient (Wildman–Crippen LogP) is 1.56. The average Bonchev–Trinajstić information content (AvgIpc) is 3.21. The van der Waals surface area contributed by atoms with Crippen molar-refractivity contribution in [2.24, 2.45) is 0 Å². The minimum absolute atomic E-state index is 0.143. The Balaban J connectivity index is 1.46. The predicted molar refractivity (Wildman–Crippen MR) is 118 cm³/mol. The highest BCUT2D eigenvalue weighted by molar-refractivity contribution is 5.91. The second-order valence-corrected chi connectivity index (χ2v) is 7.81. The molecular formula is C22H24FN5O5. The van der Waals surface area contributed by atoms with Crippen LogP contribution in [0.2, 0.25) is 0 Å². The van der Waals surface area contributed by atoms with Crippen molar-refractivity contribution in [1.29, 1.82) is 0 Å². The first-order valence-corrected chi connectivity index (χ1v) is 10.7. The van der Waals surface area contributed by atoms with Crippen LogP contribution >= 0.6 is 0 Å². The third-order valence-electron chi connectivity index (χ3n) is 5.66. The summed E-state index contributed by atoms with van der Waals surface area (Å²) in [4.78, 5) is 56.8. The van der Waals surface area contributed by atoms with E-state index in [1.165, 1.54) is 12.1 Å². The molecule has 0 spiro atoms. The number of ether oxygens (including phenoxy) is 1. The molecule has 0 aliphatic carbocycles. The lowest BCUT2D eigenvalue weighted by atomic mass is 10.1. The van der Waals surface area contributed by atoms with Crippen molar-refractivity contribution >= 4 is 23.0 Å². The van der Waals surface area contributed by atoms with Gasteiger partial charge in [0.2, 0.25) is 5.91 Å². The van der Waals surface area contributed by atoms with Crippen LogP contribution in [0.1, 0.15) is 19.8 Å². The van der Waals surface area contributed by atoms with Gasteiger partial charge in [0, 0.05) is 30.9 Å². The number of carbonyl (C=O) groups is 2. The van der Waals surface area contributed by atoms with Crippen molar-refractivity contribution in [2.45, 2.75) is 32.4 Å². The van der Waals surface area contributed by atoms with E-state index in [-0.39, 0.29) is 17.7 Å². The quantitative estimate of drug-likeness (QED) is 0.536. The summed E-state index contributed by atoms with van der Waals surface area (Å²) in [6.07, 6.45) is 2.27. The number of halogens is 1. The first-order chi connectivity index (χ1) is 15.9. The maximum Gasteiger partial charge on any atom is 0.409 e. The molecule has 10 nitrogen and oxygen atoms in total. The van der Waals surface area contributed by atoms with Crippen LogP contribution in [0.15, 0.2) is 40.1 Å². The second-order valence-electron chi connectivity index (χ2n) is 7.81. The SMILES string of the molecule is CCOC(=O)N1CCC(NC(=O)Cn2c(=O)[nH]c3c(-c4ccc(F)cc4)c[nH]c3c2=O)CC1. The smallest absolute Gasteiger partial charge is 0.409 e. The minimum Gasteiger partial charge on any atom is -0.450 e. The first kappa shape index (κ1) is 22.3. The number of hydrogen-bond acceptors (Lipinski definition) is 5. The van der Waals surface area contributed by atoms with Gasteiger partial charge in [0.05, 0.1) is 12.1 Å². The normalized spacial score (nSPS) is 14.4. The van der Waals surface area contributed by atoms with E-state index >= 15 is 0 Å². The Morgan fingerprint density at radius 3 is 2.52 bits per heavy atom. The molecule has 0 bridgehead atoms. The van der Waals surface area contributed by atoms with E-state index in [4.69, 9.17) is 4.74 Å². The number of rotatable bonds is 5. The number of H-pyrrole nitrogens is 2. The van der Waals surface area contributed by atoms with E-state index in [9.17, 15) is 23.6 Å². The summed E-state index contributed by atoms with van der Waals surface area (Å²) in [5, 5.41) is 2.82. The zero-order valence-corrected chi connectivity index (χ0v) is 18.0. The monoisotopic (exact) mass is 457 g/mol. The molecule has 1 fully saturated rings. The van der Waals surface area contributed by atoms with Crippen LogP contribution in [0.3, 0.4) is 0 Å². The Kier molecular flexibility index (Phi) is 6.29. The molecule has 3 heterocycles. The van der Waals surface area contributed by atoms with Crippen LogP contribution in [0.25, 0.3) is 22.2 Å². The largest absolute Gasteiger partial charge is 0.450 e. The third kappa shape index (κ3) is 4.66. The fourth-order valence-corrected chi connectivity index (χ4v) is 3.96. The molecule has 33 heavy (non-hydrogen) atoms. The van der Waals surface area contributed by atoms with Crippen molar-refractivity contribution in [3.8, 4) is 11.1 Å². The third-order valence-corrected chi connectivity index (χ3v) is 5.66. The van der Waals surface area contributed by atoms with Crippen molar-refractivity contribution < 1.29 is 18.7 Å². The van der Waals surface area contributed by atoms with E-state index in [1.54, 1.807) is 30.2 Å². The first-order valence-electron chi connectivity index (χ1n) is 10.7. The maximum atomic E-state index is 13.2. The number of carbonyl (C=O) groups excluding carboxylic acids is 2. The van der Waals surface area contributed by atoms with Gasteiger partial charge < -0.3 is 24.9 Å². The van der Waals surface area contributed by atoms with Gasteiger partial charge in [-0.15, -0.1) is 0 Å². The second kappa shape index (κ2) is 9.31. The fourth-order valence-electron chi connectivity index (χ4n) is 3.96. The highest BCUT2D eigenvalue weighted by Gasteiger charge is 2.25. The summed E-state index contributed by atoms with van der Waals surface area (Å²) in [5.74, 6) is -0.867. The summed E-state index contributed by atoms with van der Waals surface area (Å²) in [6.45, 7) is 2.50. The zero-order chi connectivity index (χ0) is 23.5. The molecule has 1 saturated heterocycles. The van der Waals surface area contributed by atoms with Crippen LogP contribution in [0.5, 0.6) is 0 Å². The summed E-state index contributed by atoms with van der Waals surface area (Å²) in [7, 11) is 0. The molecule has 0 unspecified atom stereocenters. The van der Waals surface area contributed by atoms with E-state index in [0.717, 1.165) is 4.57 Å². The van der Waals surface area contributed by atoms with Gasteiger partial charge in [0.1, 0.15) is 17.9 Å². The van der Waals surface area contributed by atoms with Crippen molar-refractivity contribution in [3.63, 3.8) is 0 Å². The van der Waals surface area contributed by atoms with Gasteiger partial charge >= 0.3 is 11.8 Å². The van der Waals surface area contributed by atoms with Gasteiger partial charge in [0.25, 0.3) is 5.56 Å². The van der Waals surface area contributed by atoms with Crippen LogP contribution in [-0.4, -0.2) is 57.2 Å². The number of hydrogen-bond donors (Lipinski definition) is 3. The Morgan fingerprint density at radius 2 is 1.85 bits per heavy atom. The number of piperidine rings is 1. The lowest BCUT2D eigenvalue weighted by Crippen LogP contribution is -2.48. The van der Waals surface area contributed by atoms with E-state index < -0.39 is 29.5 Å². The summed E-state index contributed by atoms with van der Waals surface area (Å²) >= 11 is 0. The van der Waals surface area contributed by atoms with Gasteiger partial charge in [-0.3, -0.25) is 9.59 Å². The number of nitrogens with one attached hydrogen (secondary N) is 3. The molecule has 1 aromatic carbocycles. The Hall–Kier alpha value is -3.89. The van der Waals surface area contributed by atoms with Crippen molar-refractivity contribution in [1.82, 2.24) is 24.8 Å². The number of likely N-dealkylation sites (tertiary alicyclic amines) is 1. The molecule has 1 aliphatic rings. The van der Waals surface area contributed by atoms with Gasteiger partial charge in [-0.1, -0.05) is 12.1 Å². The number of amides is 2. The number of aromatic nitrogens is 3. The molecule has 0 atom stereocenters. The molecule has 2 aromatic heterocycles. The molecule has 1 aliphatic heterocycles. The van der Waals surface area contributed by atoms with Crippen LogP contribution in [0, 0.1) is 5.82 Å². The molecule has 3 aromatic rings. The zero-order valence-electron chi connectivity index (χ0n) is 18.0. The lowest BCUT2D eigenvalue weighted by molar-refractivity contribution is -0.122. The minimum atomic E-state index is -0.720. The molecule has 11 heteroatoms. The van der Waals surface area contributed by atoms with E-state index in [2.05, 4.69) is 15.3 Å². The Morgan fingerprint density at radius 1 is 1.15 bits per heavy atom. The highest BCUT2D eigenvalue weighted by Crippen LogP contribution is 2.25. The average molecular weight is 457 g/mol. The fraction of sp³-hybridized carbons (Fsp3) is 0.364. The Bertz CT molecular complexity index is 1290. The Labute approximate surface area is 187 Å². The van der Waals surface area contributed by atoms with Crippen LogP contribution < -0.4 is 16.6 Å². The molecular weight excluding hydrogens is 433 g/mol. The topological polar surface area (TPSA) is 129 Å². The van der Waals surface area contributed by atoms with Crippen molar-refractivity contribution in [2.75, 3.05) is 19.7 Å². The summed E-state index contributed by atoms with van der Waals surface area (Å²) in [5.41, 5.74) is 0.257. The van der Waals surface area contributed by atoms with Gasteiger partial charge in [0.15, 0.2) is 0 Å². The molecule has 0 saturated carbocycles. The van der Waals surface area contributed by atoms with Gasteiger partial charge in [-0.05, 0) is 37.5 Å². The van der Waals surface area contributed by atoms with E-state index in [0.29, 0.717) is 49.2 Å². The molecule has 4 rings (SSSR count). The summed E-state index contributed by atoms with van der Waals surface area (Å²) < 4.78 is 19.0. The number of benzene rings is 1. The standard InChI is InChI=1S/C22H24FN5O5/c1-2-33-22(32)27-9-7-15(8-10-27)25-17(29)12-28-20(30)19-18(26-21(28)31)16(11-24-19)13-3-5-14(23)6-4-13/h3-6,11,15,24H,2,7-10,12H2,1H3,(H,25,29)(H,26,31).